The standard InChI is InChI=1S/C16H20BrNS2/c1-2-5-13(15-8-4-9-19-15)18-12-6-3-7-14-11(12)10-16(17)20-14/h4,8-10,12-13,18H,2-3,5-7H2,1H3. The van der Waals surface area contributed by atoms with Gasteiger partial charge in [0.25, 0.3) is 0 Å². The minimum Gasteiger partial charge on any atom is -0.302 e. The van der Waals surface area contributed by atoms with Gasteiger partial charge in [0.05, 0.1) is 3.79 Å². The van der Waals surface area contributed by atoms with Crippen LogP contribution in [0.3, 0.4) is 0 Å². The first-order valence-corrected chi connectivity index (χ1v) is 9.84. The van der Waals surface area contributed by atoms with E-state index in [2.05, 4.69) is 51.7 Å². The van der Waals surface area contributed by atoms with E-state index < -0.39 is 0 Å². The Balaban J connectivity index is 1.79. The van der Waals surface area contributed by atoms with Gasteiger partial charge in [-0.15, -0.1) is 22.7 Å². The number of aryl methyl sites for hydroxylation is 1. The highest BCUT2D eigenvalue weighted by atomic mass is 79.9. The van der Waals surface area contributed by atoms with Gasteiger partial charge in [-0.3, -0.25) is 0 Å². The molecule has 0 aromatic carbocycles. The van der Waals surface area contributed by atoms with E-state index in [1.807, 2.05) is 22.7 Å². The zero-order chi connectivity index (χ0) is 13.9. The second-order valence-electron chi connectivity index (χ2n) is 5.40. The molecule has 0 saturated carbocycles. The molecular weight excluding hydrogens is 350 g/mol. The molecule has 3 rings (SSSR count). The molecule has 108 valence electrons. The summed E-state index contributed by atoms with van der Waals surface area (Å²) in [4.78, 5) is 3.05. The molecule has 0 saturated heterocycles. The lowest BCUT2D eigenvalue weighted by atomic mass is 9.93. The van der Waals surface area contributed by atoms with E-state index in [1.165, 1.54) is 46.3 Å². The highest BCUT2D eigenvalue weighted by Gasteiger charge is 2.25. The van der Waals surface area contributed by atoms with Crippen molar-refractivity contribution in [2.75, 3.05) is 0 Å². The number of rotatable bonds is 5. The minimum atomic E-state index is 0.509. The number of hydrogen-bond acceptors (Lipinski definition) is 3. The van der Waals surface area contributed by atoms with Crippen LogP contribution >= 0.6 is 38.6 Å². The Bertz CT molecular complexity index is 547. The highest BCUT2D eigenvalue weighted by molar-refractivity contribution is 9.11. The van der Waals surface area contributed by atoms with Crippen LogP contribution in [-0.2, 0) is 6.42 Å². The lowest BCUT2D eigenvalue weighted by Gasteiger charge is -2.28. The molecule has 0 fully saturated rings. The maximum Gasteiger partial charge on any atom is 0.0704 e. The fourth-order valence-electron chi connectivity index (χ4n) is 3.02. The smallest absolute Gasteiger partial charge is 0.0704 e. The minimum absolute atomic E-state index is 0.509. The van der Waals surface area contributed by atoms with Crippen LogP contribution in [0.1, 0.15) is 60.0 Å². The molecule has 1 nitrogen and oxygen atoms in total. The summed E-state index contributed by atoms with van der Waals surface area (Å²) < 4.78 is 1.28. The first kappa shape index (κ1) is 14.8. The summed E-state index contributed by atoms with van der Waals surface area (Å²) in [6.45, 7) is 2.27. The maximum atomic E-state index is 3.93. The molecule has 0 bridgehead atoms. The summed E-state index contributed by atoms with van der Waals surface area (Å²) >= 11 is 7.44. The van der Waals surface area contributed by atoms with Crippen molar-refractivity contribution in [1.82, 2.24) is 5.32 Å². The molecule has 1 aliphatic carbocycles. The van der Waals surface area contributed by atoms with Crippen LogP contribution in [0.15, 0.2) is 27.4 Å². The summed E-state index contributed by atoms with van der Waals surface area (Å²) in [7, 11) is 0. The van der Waals surface area contributed by atoms with Gasteiger partial charge in [-0.25, -0.2) is 0 Å². The summed E-state index contributed by atoms with van der Waals surface area (Å²) in [5, 5.41) is 6.11. The van der Waals surface area contributed by atoms with Gasteiger partial charge >= 0.3 is 0 Å². The third kappa shape index (κ3) is 3.19. The second-order valence-corrected chi connectivity index (χ2v) is 8.89. The van der Waals surface area contributed by atoms with E-state index in [4.69, 9.17) is 0 Å². The van der Waals surface area contributed by atoms with Gasteiger partial charge in [0.2, 0.25) is 0 Å². The molecule has 4 heteroatoms. The Labute approximate surface area is 137 Å². The first-order chi connectivity index (χ1) is 9.78. The zero-order valence-electron chi connectivity index (χ0n) is 11.7. The molecule has 1 aliphatic rings. The monoisotopic (exact) mass is 369 g/mol. The molecule has 0 aliphatic heterocycles. The Hall–Kier alpha value is -0.160. The Morgan fingerprint density at radius 3 is 3.15 bits per heavy atom. The van der Waals surface area contributed by atoms with E-state index in [0.717, 1.165) is 0 Å². The van der Waals surface area contributed by atoms with Crippen molar-refractivity contribution in [3.8, 4) is 0 Å². The molecule has 1 N–H and O–H groups in total. The topological polar surface area (TPSA) is 12.0 Å². The summed E-state index contributed by atoms with van der Waals surface area (Å²) in [6, 6.07) is 7.80. The molecule has 0 radical (unpaired) electrons. The van der Waals surface area contributed by atoms with Crippen molar-refractivity contribution in [2.24, 2.45) is 0 Å². The predicted octanol–water partition coefficient (Wildman–Crippen LogP) is 6.08. The van der Waals surface area contributed by atoms with Crippen LogP contribution < -0.4 is 5.32 Å². The van der Waals surface area contributed by atoms with E-state index in [0.29, 0.717) is 12.1 Å². The van der Waals surface area contributed by atoms with Gasteiger partial charge in [-0.2, -0.15) is 0 Å². The van der Waals surface area contributed by atoms with Crippen molar-refractivity contribution in [2.45, 2.75) is 51.1 Å². The van der Waals surface area contributed by atoms with Crippen LogP contribution in [0.2, 0.25) is 0 Å². The van der Waals surface area contributed by atoms with Gasteiger partial charge in [-0.1, -0.05) is 19.4 Å². The summed E-state index contributed by atoms with van der Waals surface area (Å²) in [5.74, 6) is 0. The van der Waals surface area contributed by atoms with Crippen molar-refractivity contribution in [3.63, 3.8) is 0 Å². The molecule has 2 aromatic heterocycles. The molecule has 2 unspecified atom stereocenters. The van der Waals surface area contributed by atoms with Gasteiger partial charge < -0.3 is 5.32 Å². The number of hydrogen-bond donors (Lipinski definition) is 1. The molecule has 0 amide bonds. The largest absolute Gasteiger partial charge is 0.302 e. The lowest BCUT2D eigenvalue weighted by Crippen LogP contribution is -2.28. The van der Waals surface area contributed by atoms with Crippen LogP contribution in [-0.4, -0.2) is 0 Å². The Morgan fingerprint density at radius 2 is 2.40 bits per heavy atom. The SMILES string of the molecule is CCCC(NC1CCCc2sc(Br)cc21)c1cccs1. The number of nitrogens with one attached hydrogen (secondary N) is 1. The van der Waals surface area contributed by atoms with E-state index >= 15 is 0 Å². The average molecular weight is 370 g/mol. The number of fused-ring (bicyclic) bond motifs is 1. The molecule has 2 heterocycles. The fourth-order valence-corrected chi connectivity index (χ4v) is 5.66. The van der Waals surface area contributed by atoms with Crippen molar-refractivity contribution in [3.05, 3.63) is 42.7 Å². The predicted molar refractivity (Wildman–Crippen MR) is 92.8 cm³/mol. The van der Waals surface area contributed by atoms with Crippen molar-refractivity contribution >= 4 is 38.6 Å². The Kier molecular flexibility index (Phi) is 4.97. The molecule has 20 heavy (non-hydrogen) atoms. The third-order valence-corrected chi connectivity index (χ3v) is 6.65. The number of thiophene rings is 2. The normalized spacial score (nSPS) is 19.8. The fraction of sp³-hybridized carbons (Fsp3) is 0.500. The van der Waals surface area contributed by atoms with Gasteiger partial charge in [0.15, 0.2) is 0 Å². The number of halogens is 1. The van der Waals surface area contributed by atoms with Crippen molar-refractivity contribution < 1.29 is 0 Å². The lowest BCUT2D eigenvalue weighted by molar-refractivity contribution is 0.389. The van der Waals surface area contributed by atoms with Crippen molar-refractivity contribution in [1.29, 1.82) is 0 Å². The summed E-state index contributed by atoms with van der Waals surface area (Å²) in [6.07, 6.45) is 6.27. The molecule has 0 spiro atoms. The third-order valence-electron chi connectivity index (χ3n) is 3.95. The van der Waals surface area contributed by atoms with Crippen LogP contribution in [0.25, 0.3) is 0 Å². The Morgan fingerprint density at radius 1 is 1.50 bits per heavy atom. The zero-order valence-corrected chi connectivity index (χ0v) is 14.9. The highest BCUT2D eigenvalue weighted by Crippen LogP contribution is 2.39. The van der Waals surface area contributed by atoms with Gasteiger partial charge in [-0.05, 0) is 64.7 Å². The van der Waals surface area contributed by atoms with E-state index in [1.54, 1.807) is 4.88 Å². The van der Waals surface area contributed by atoms with Gasteiger partial charge in [0, 0.05) is 21.8 Å². The van der Waals surface area contributed by atoms with Crippen LogP contribution in [0, 0.1) is 0 Å². The van der Waals surface area contributed by atoms with E-state index in [-0.39, 0.29) is 0 Å². The quantitative estimate of drug-likeness (QED) is 0.672. The maximum absolute atomic E-state index is 3.93. The molecule has 2 aromatic rings. The van der Waals surface area contributed by atoms with Crippen LogP contribution in [0.5, 0.6) is 0 Å². The van der Waals surface area contributed by atoms with Crippen LogP contribution in [0.4, 0.5) is 0 Å². The van der Waals surface area contributed by atoms with Gasteiger partial charge in [0.1, 0.15) is 0 Å². The second kappa shape index (κ2) is 6.73. The molecular formula is C16H20BrNS2. The first-order valence-electron chi connectivity index (χ1n) is 7.35. The summed E-state index contributed by atoms with van der Waals surface area (Å²) in [5.41, 5.74) is 1.53. The van der Waals surface area contributed by atoms with E-state index in [9.17, 15) is 0 Å². The molecule has 2 atom stereocenters. The average Bonchev–Trinajstić information content (AvgIpc) is 3.06.